The monoisotopic (exact) mass is 322 g/mol. The van der Waals surface area contributed by atoms with Gasteiger partial charge in [0.1, 0.15) is 6.54 Å². The summed E-state index contributed by atoms with van der Waals surface area (Å²) in [5.74, 6) is -2.24. The molecule has 3 rings (SSSR count). The van der Waals surface area contributed by atoms with E-state index in [-0.39, 0.29) is 12.4 Å². The molecule has 0 saturated carbocycles. The van der Waals surface area contributed by atoms with Crippen LogP contribution >= 0.6 is 0 Å². The summed E-state index contributed by atoms with van der Waals surface area (Å²) in [5.41, 5.74) is 1.36. The van der Waals surface area contributed by atoms with Gasteiger partial charge in [-0.2, -0.15) is 0 Å². The van der Waals surface area contributed by atoms with E-state index in [4.69, 9.17) is 4.74 Å². The average molecular weight is 322 g/mol. The van der Waals surface area contributed by atoms with E-state index in [1.54, 1.807) is 42.5 Å². The maximum Gasteiger partial charge on any atom is 0.404 e. The van der Waals surface area contributed by atoms with Crippen LogP contribution in [0, 0.1) is 0 Å². The predicted octanol–water partition coefficient (Wildman–Crippen LogP) is 2.01. The van der Waals surface area contributed by atoms with E-state index in [0.29, 0.717) is 5.69 Å². The zero-order chi connectivity index (χ0) is 16.9. The quantitative estimate of drug-likeness (QED) is 0.690. The van der Waals surface area contributed by atoms with Crippen molar-refractivity contribution in [2.75, 3.05) is 11.9 Å². The molecule has 0 aliphatic carbocycles. The van der Waals surface area contributed by atoms with E-state index in [9.17, 15) is 14.4 Å². The molecule has 2 aromatic rings. The molecule has 2 amide bonds. The second kappa shape index (κ2) is 6.78. The maximum atomic E-state index is 12.1. The largest absolute Gasteiger partial charge is 0.404 e. The molecule has 1 heterocycles. The van der Waals surface area contributed by atoms with Gasteiger partial charge in [-0.25, -0.2) is 4.79 Å². The fourth-order valence-corrected chi connectivity index (χ4v) is 2.22. The van der Waals surface area contributed by atoms with Gasteiger partial charge in [0.2, 0.25) is 11.8 Å². The highest BCUT2D eigenvalue weighted by atomic mass is 16.6. The fourth-order valence-electron chi connectivity index (χ4n) is 2.22. The average Bonchev–Trinajstić information content (AvgIpc) is 2.84. The van der Waals surface area contributed by atoms with Crippen LogP contribution in [-0.2, 0) is 19.1 Å². The molecule has 2 aromatic carbocycles. The topological polar surface area (TPSA) is 75.7 Å². The number of ether oxygens (including phenoxy) is 1. The number of esters is 1. The highest BCUT2D eigenvalue weighted by Gasteiger charge is 2.37. The third-order valence-electron chi connectivity index (χ3n) is 3.33. The van der Waals surface area contributed by atoms with Crippen molar-refractivity contribution in [3.63, 3.8) is 0 Å². The van der Waals surface area contributed by atoms with Crippen LogP contribution < -0.4 is 5.32 Å². The van der Waals surface area contributed by atoms with Crippen molar-refractivity contribution >= 4 is 29.5 Å². The number of carbonyl (C=O) groups excluding carboxylic acids is 3. The number of amides is 2. The molecule has 0 radical (unpaired) electrons. The van der Waals surface area contributed by atoms with Crippen LogP contribution in [0.2, 0.25) is 0 Å². The Bertz CT molecular complexity index is 800. The van der Waals surface area contributed by atoms with Crippen LogP contribution in [0.4, 0.5) is 5.69 Å². The van der Waals surface area contributed by atoms with Crippen molar-refractivity contribution in [3.8, 4) is 0 Å². The van der Waals surface area contributed by atoms with Crippen molar-refractivity contribution in [1.29, 1.82) is 0 Å². The molecule has 0 bridgehead atoms. The molecule has 6 heteroatoms. The number of benzene rings is 2. The minimum atomic E-state index is -0.996. The third-order valence-corrected chi connectivity index (χ3v) is 3.33. The lowest BCUT2D eigenvalue weighted by molar-refractivity contribution is -0.147. The van der Waals surface area contributed by atoms with E-state index in [0.717, 1.165) is 10.5 Å². The van der Waals surface area contributed by atoms with Crippen molar-refractivity contribution in [1.82, 2.24) is 4.90 Å². The minimum absolute atomic E-state index is 0.0411. The van der Waals surface area contributed by atoms with Gasteiger partial charge in [-0.3, -0.25) is 14.5 Å². The Labute approximate surface area is 138 Å². The fraction of sp³-hybridized carbons (Fsp3) is 0.0556. The molecule has 0 spiro atoms. The van der Waals surface area contributed by atoms with Crippen LogP contribution in [0.25, 0.3) is 6.08 Å². The second-order valence-corrected chi connectivity index (χ2v) is 5.09. The van der Waals surface area contributed by atoms with Gasteiger partial charge in [-0.1, -0.05) is 48.5 Å². The molecule has 6 nitrogen and oxygen atoms in total. The number of rotatable bonds is 4. The number of hydrogen-bond acceptors (Lipinski definition) is 4. The van der Waals surface area contributed by atoms with Gasteiger partial charge < -0.3 is 10.1 Å². The highest BCUT2D eigenvalue weighted by Crippen LogP contribution is 2.20. The first-order valence-corrected chi connectivity index (χ1v) is 7.29. The smallest absolute Gasteiger partial charge is 0.402 e. The van der Waals surface area contributed by atoms with Gasteiger partial charge in [0, 0.05) is 11.8 Å². The summed E-state index contributed by atoms with van der Waals surface area (Å²) in [6.45, 7) is -0.307. The number of anilines is 1. The molecule has 1 N–H and O–H groups in total. The van der Waals surface area contributed by atoms with Gasteiger partial charge in [0.15, 0.2) is 0 Å². The molecule has 1 fully saturated rings. The molecule has 0 unspecified atom stereocenters. The number of nitrogens with zero attached hydrogens (tertiary/aromatic N) is 1. The molecule has 0 aromatic heterocycles. The van der Waals surface area contributed by atoms with Crippen molar-refractivity contribution in [3.05, 3.63) is 72.1 Å². The Hall–Kier alpha value is -3.41. The van der Waals surface area contributed by atoms with Crippen molar-refractivity contribution in [2.24, 2.45) is 0 Å². The SMILES string of the molecule is O=C(CN1C(=O)C(=O)OC1=Cc1ccccc1)Nc1ccccc1. The molecular formula is C18H14N2O4. The Morgan fingerprint density at radius 3 is 2.29 bits per heavy atom. The van der Waals surface area contributed by atoms with Gasteiger partial charge in [0.25, 0.3) is 0 Å². The van der Waals surface area contributed by atoms with Crippen LogP contribution in [0.5, 0.6) is 0 Å². The summed E-state index contributed by atoms with van der Waals surface area (Å²) >= 11 is 0. The number of cyclic esters (lactones) is 1. The Morgan fingerprint density at radius 1 is 1.00 bits per heavy atom. The van der Waals surface area contributed by atoms with E-state index >= 15 is 0 Å². The summed E-state index contributed by atoms with van der Waals surface area (Å²) in [4.78, 5) is 36.6. The second-order valence-electron chi connectivity index (χ2n) is 5.09. The van der Waals surface area contributed by atoms with E-state index in [1.165, 1.54) is 0 Å². The summed E-state index contributed by atoms with van der Waals surface area (Å²) in [6, 6.07) is 17.9. The summed E-state index contributed by atoms with van der Waals surface area (Å²) in [6.07, 6.45) is 1.54. The number of para-hydroxylation sites is 1. The molecule has 24 heavy (non-hydrogen) atoms. The highest BCUT2D eigenvalue weighted by molar-refractivity contribution is 6.35. The molecule has 120 valence electrons. The molecule has 1 aliphatic heterocycles. The minimum Gasteiger partial charge on any atom is -0.402 e. The normalized spacial score (nSPS) is 15.5. The zero-order valence-electron chi connectivity index (χ0n) is 12.6. The molecule has 1 aliphatic rings. The standard InChI is InChI=1S/C18H14N2O4/c21-15(19-14-9-5-2-6-10-14)12-20-16(24-18(23)17(20)22)11-13-7-3-1-4-8-13/h1-11H,12H2,(H,19,21). The summed E-state index contributed by atoms with van der Waals surface area (Å²) in [5, 5.41) is 2.66. The van der Waals surface area contributed by atoms with E-state index in [1.807, 2.05) is 24.3 Å². The number of carbonyl (C=O) groups is 3. The lowest BCUT2D eigenvalue weighted by atomic mass is 10.2. The zero-order valence-corrected chi connectivity index (χ0v) is 12.6. The summed E-state index contributed by atoms with van der Waals surface area (Å²) < 4.78 is 4.96. The molecular weight excluding hydrogens is 308 g/mol. The van der Waals surface area contributed by atoms with Crippen LogP contribution in [-0.4, -0.2) is 29.2 Å². The van der Waals surface area contributed by atoms with Crippen LogP contribution in [0.1, 0.15) is 5.56 Å². The Morgan fingerprint density at radius 2 is 1.62 bits per heavy atom. The van der Waals surface area contributed by atoms with E-state index in [2.05, 4.69) is 5.32 Å². The van der Waals surface area contributed by atoms with Crippen molar-refractivity contribution in [2.45, 2.75) is 0 Å². The number of nitrogens with one attached hydrogen (secondary N) is 1. The Kier molecular flexibility index (Phi) is 4.38. The number of hydrogen-bond donors (Lipinski definition) is 1. The Balaban J connectivity index is 1.76. The third kappa shape index (κ3) is 3.49. The summed E-state index contributed by atoms with van der Waals surface area (Å²) in [7, 11) is 0. The van der Waals surface area contributed by atoms with Crippen LogP contribution in [0.3, 0.4) is 0 Å². The van der Waals surface area contributed by atoms with Gasteiger partial charge in [0.05, 0.1) is 0 Å². The van der Waals surface area contributed by atoms with Gasteiger partial charge in [-0.15, -0.1) is 0 Å². The maximum absolute atomic E-state index is 12.1. The van der Waals surface area contributed by atoms with Gasteiger partial charge in [-0.05, 0) is 17.7 Å². The lowest BCUT2D eigenvalue weighted by Gasteiger charge is -2.14. The first-order valence-electron chi connectivity index (χ1n) is 7.29. The van der Waals surface area contributed by atoms with E-state index < -0.39 is 17.8 Å². The van der Waals surface area contributed by atoms with Crippen LogP contribution in [0.15, 0.2) is 66.5 Å². The predicted molar refractivity (Wildman–Crippen MR) is 87.3 cm³/mol. The lowest BCUT2D eigenvalue weighted by Crippen LogP contribution is -2.34. The van der Waals surface area contributed by atoms with Gasteiger partial charge >= 0.3 is 11.9 Å². The first-order chi connectivity index (χ1) is 11.6. The molecule has 1 saturated heterocycles. The van der Waals surface area contributed by atoms with Crippen molar-refractivity contribution < 1.29 is 19.1 Å². The molecule has 0 atom stereocenters. The first kappa shape index (κ1) is 15.5.